The van der Waals surface area contributed by atoms with Gasteiger partial charge in [-0.15, -0.1) is 0 Å². The van der Waals surface area contributed by atoms with E-state index in [0.29, 0.717) is 30.4 Å². The summed E-state index contributed by atoms with van der Waals surface area (Å²) in [5.41, 5.74) is 0.564. The Balaban J connectivity index is 1.58. The molecule has 2 saturated heterocycles. The van der Waals surface area contributed by atoms with Crippen molar-refractivity contribution in [3.05, 3.63) is 28.8 Å². The van der Waals surface area contributed by atoms with Crippen LogP contribution in [-0.2, 0) is 11.3 Å². The molecule has 2 atom stereocenters. The highest BCUT2D eigenvalue weighted by Gasteiger charge is 2.47. The third-order valence-electron chi connectivity index (χ3n) is 5.11. The topological polar surface area (TPSA) is 62.2 Å². The number of piperidine rings is 1. The molecule has 134 valence electrons. The van der Waals surface area contributed by atoms with Crippen molar-refractivity contribution in [1.29, 1.82) is 0 Å². The predicted molar refractivity (Wildman–Crippen MR) is 92.4 cm³/mol. The first-order valence-corrected chi connectivity index (χ1v) is 9.05. The van der Waals surface area contributed by atoms with Gasteiger partial charge >= 0.3 is 0 Å². The molecule has 0 aliphatic carbocycles. The number of nitrogens with zero attached hydrogens (tertiary/aromatic N) is 1. The van der Waals surface area contributed by atoms with Crippen molar-refractivity contribution in [2.24, 2.45) is 0 Å². The largest absolute Gasteiger partial charge is 0.492 e. The minimum Gasteiger partial charge on any atom is -0.492 e. The van der Waals surface area contributed by atoms with Crippen LogP contribution in [0.15, 0.2) is 18.2 Å². The second-order valence-electron chi connectivity index (χ2n) is 6.69. The van der Waals surface area contributed by atoms with Crippen LogP contribution in [0.1, 0.15) is 31.7 Å². The maximum atomic E-state index is 10.3. The molecular weight excluding hydrogens is 330 g/mol. The van der Waals surface area contributed by atoms with Gasteiger partial charge < -0.3 is 19.7 Å². The molecule has 0 unspecified atom stereocenters. The summed E-state index contributed by atoms with van der Waals surface area (Å²) >= 11 is 6.25. The highest BCUT2D eigenvalue weighted by atomic mass is 35.5. The number of rotatable bonds is 4. The Bertz CT molecular complexity index is 560. The molecule has 0 saturated carbocycles. The zero-order valence-electron chi connectivity index (χ0n) is 14.1. The van der Waals surface area contributed by atoms with E-state index < -0.39 is 17.8 Å². The average Bonchev–Trinajstić information content (AvgIpc) is 2.57. The highest BCUT2D eigenvalue weighted by Crippen LogP contribution is 2.36. The fourth-order valence-corrected chi connectivity index (χ4v) is 3.94. The Morgan fingerprint density at radius 2 is 2.08 bits per heavy atom. The van der Waals surface area contributed by atoms with Crippen LogP contribution in [0.5, 0.6) is 5.75 Å². The molecule has 2 aliphatic heterocycles. The molecule has 5 nitrogen and oxygen atoms in total. The zero-order valence-corrected chi connectivity index (χ0v) is 14.8. The van der Waals surface area contributed by atoms with Gasteiger partial charge in [-0.3, -0.25) is 4.90 Å². The Morgan fingerprint density at radius 3 is 2.75 bits per heavy atom. The molecule has 0 aromatic heterocycles. The van der Waals surface area contributed by atoms with Crippen LogP contribution in [0.4, 0.5) is 0 Å². The van der Waals surface area contributed by atoms with Gasteiger partial charge in [-0.1, -0.05) is 17.7 Å². The van der Waals surface area contributed by atoms with Crippen molar-refractivity contribution >= 4 is 11.6 Å². The van der Waals surface area contributed by atoms with Crippen molar-refractivity contribution in [2.75, 3.05) is 26.3 Å². The van der Waals surface area contributed by atoms with Gasteiger partial charge in [-0.05, 0) is 43.9 Å². The van der Waals surface area contributed by atoms with Crippen LogP contribution in [0, 0.1) is 0 Å². The van der Waals surface area contributed by atoms with Gasteiger partial charge in [0.05, 0.1) is 29.9 Å². The van der Waals surface area contributed by atoms with Crippen molar-refractivity contribution in [3.63, 3.8) is 0 Å². The van der Waals surface area contributed by atoms with Crippen LogP contribution < -0.4 is 4.74 Å². The number of benzene rings is 1. The molecule has 2 heterocycles. The van der Waals surface area contributed by atoms with Crippen molar-refractivity contribution in [2.45, 2.75) is 50.5 Å². The van der Waals surface area contributed by atoms with Crippen LogP contribution in [0.2, 0.25) is 5.02 Å². The highest BCUT2D eigenvalue weighted by molar-refractivity contribution is 6.32. The summed E-state index contributed by atoms with van der Waals surface area (Å²) in [6, 6.07) is 5.90. The lowest BCUT2D eigenvalue weighted by molar-refractivity contribution is -0.214. The fourth-order valence-electron chi connectivity index (χ4n) is 3.68. The van der Waals surface area contributed by atoms with Crippen molar-refractivity contribution < 1.29 is 19.7 Å². The third-order valence-corrected chi connectivity index (χ3v) is 5.41. The van der Waals surface area contributed by atoms with E-state index in [-0.39, 0.29) is 0 Å². The quantitative estimate of drug-likeness (QED) is 0.867. The van der Waals surface area contributed by atoms with Crippen LogP contribution in [-0.4, -0.2) is 59.2 Å². The normalized spacial score (nSPS) is 27.3. The van der Waals surface area contributed by atoms with E-state index in [1.165, 1.54) is 0 Å². The lowest BCUT2D eigenvalue weighted by atomic mass is 9.80. The molecule has 2 N–H and O–H groups in total. The summed E-state index contributed by atoms with van der Waals surface area (Å²) in [5.74, 6) is 0.716. The van der Waals surface area contributed by atoms with Gasteiger partial charge in [0.25, 0.3) is 0 Å². The number of likely N-dealkylation sites (tertiary alicyclic amines) is 1. The van der Waals surface area contributed by atoms with Gasteiger partial charge in [0.1, 0.15) is 11.9 Å². The molecule has 1 aromatic carbocycles. The lowest BCUT2D eigenvalue weighted by Crippen LogP contribution is -2.59. The summed E-state index contributed by atoms with van der Waals surface area (Å²) in [6.45, 7) is 5.52. The lowest BCUT2D eigenvalue weighted by Gasteiger charge is -2.48. The molecule has 6 heteroatoms. The molecule has 0 amide bonds. The number of hydrogen-bond donors (Lipinski definition) is 2. The van der Waals surface area contributed by atoms with Crippen LogP contribution in [0.25, 0.3) is 0 Å². The van der Waals surface area contributed by atoms with Crippen LogP contribution in [0.3, 0.4) is 0 Å². The first kappa shape index (κ1) is 18.0. The number of halogens is 1. The summed E-state index contributed by atoms with van der Waals surface area (Å²) in [4.78, 5) is 2.33. The van der Waals surface area contributed by atoms with Crippen molar-refractivity contribution in [3.8, 4) is 5.75 Å². The third kappa shape index (κ3) is 3.70. The standard InChI is InChI=1S/C18H26ClNO4/c1-2-23-16-4-3-13(11-14(16)19)12-20-8-6-18(7-9-20)17(22)15(21)5-10-24-18/h3-4,11,15,17,21-22H,2,5-10,12H2,1H3/t15-,17-/m0/s1. The van der Waals surface area contributed by atoms with Gasteiger partial charge in [0.15, 0.2) is 0 Å². The summed E-state index contributed by atoms with van der Waals surface area (Å²) in [7, 11) is 0. The van der Waals surface area contributed by atoms with E-state index in [2.05, 4.69) is 4.90 Å². The van der Waals surface area contributed by atoms with Gasteiger partial charge in [-0.2, -0.15) is 0 Å². The number of aliphatic hydroxyl groups excluding tert-OH is 2. The predicted octanol–water partition coefficient (Wildman–Crippen LogP) is 2.22. The molecule has 0 bridgehead atoms. The van der Waals surface area contributed by atoms with Gasteiger partial charge in [-0.25, -0.2) is 0 Å². The second-order valence-corrected chi connectivity index (χ2v) is 7.10. The second kappa shape index (κ2) is 7.58. The van der Waals surface area contributed by atoms with E-state index in [1.54, 1.807) is 0 Å². The maximum absolute atomic E-state index is 10.3. The summed E-state index contributed by atoms with van der Waals surface area (Å²) < 4.78 is 11.3. The molecule has 0 radical (unpaired) electrons. The van der Waals surface area contributed by atoms with E-state index in [9.17, 15) is 10.2 Å². The Labute approximate surface area is 148 Å². The Kier molecular flexibility index (Phi) is 5.67. The Morgan fingerprint density at radius 1 is 1.33 bits per heavy atom. The fraction of sp³-hybridized carbons (Fsp3) is 0.667. The number of ether oxygens (including phenoxy) is 2. The minimum atomic E-state index is -0.784. The number of hydrogen-bond acceptors (Lipinski definition) is 5. The van der Waals surface area contributed by atoms with Crippen molar-refractivity contribution in [1.82, 2.24) is 4.90 Å². The molecule has 24 heavy (non-hydrogen) atoms. The Hall–Kier alpha value is -0.850. The molecule has 1 aromatic rings. The molecule has 3 rings (SSSR count). The van der Waals surface area contributed by atoms with E-state index in [0.717, 1.165) is 38.0 Å². The minimum absolute atomic E-state index is 0.511. The average molecular weight is 356 g/mol. The zero-order chi connectivity index (χ0) is 17.2. The first-order chi connectivity index (χ1) is 11.5. The smallest absolute Gasteiger partial charge is 0.137 e. The monoisotopic (exact) mass is 355 g/mol. The van der Waals surface area contributed by atoms with Gasteiger partial charge in [0.2, 0.25) is 0 Å². The molecule has 2 fully saturated rings. The molecular formula is C18H26ClNO4. The number of aliphatic hydroxyl groups is 2. The van der Waals surface area contributed by atoms with Gasteiger partial charge in [0, 0.05) is 19.6 Å². The summed E-state index contributed by atoms with van der Waals surface area (Å²) in [6.07, 6.45) is 0.520. The SMILES string of the molecule is CCOc1ccc(CN2CCC3(CC2)OCC[C@H](O)[C@@H]3O)cc1Cl. The van der Waals surface area contributed by atoms with E-state index in [4.69, 9.17) is 21.1 Å². The van der Waals surface area contributed by atoms with Crippen LogP contribution >= 0.6 is 11.6 Å². The molecule has 1 spiro atoms. The van der Waals surface area contributed by atoms with E-state index >= 15 is 0 Å². The maximum Gasteiger partial charge on any atom is 0.137 e. The summed E-state index contributed by atoms with van der Waals surface area (Å²) in [5, 5.41) is 20.9. The molecule has 2 aliphatic rings. The van der Waals surface area contributed by atoms with E-state index in [1.807, 2.05) is 25.1 Å². The first-order valence-electron chi connectivity index (χ1n) is 8.68.